The molecule has 1 aromatic heterocycles. The lowest BCUT2D eigenvalue weighted by molar-refractivity contribution is -0.146. The van der Waals surface area contributed by atoms with Crippen LogP contribution in [0.5, 0.6) is 0 Å². The predicted molar refractivity (Wildman–Crippen MR) is 63.7 cm³/mol. The second kappa shape index (κ2) is 5.39. The van der Waals surface area contributed by atoms with E-state index in [4.69, 9.17) is 5.11 Å². The number of hydrogen-bond acceptors (Lipinski definition) is 4. The van der Waals surface area contributed by atoms with Crippen LogP contribution in [0, 0.1) is 11.8 Å². The van der Waals surface area contributed by atoms with Crippen LogP contribution >= 0.6 is 0 Å². The number of nitrogens with zero attached hydrogens (tertiary/aromatic N) is 2. The Kier molecular flexibility index (Phi) is 3.66. The van der Waals surface area contributed by atoms with Crippen LogP contribution in [-0.2, 0) is 9.59 Å². The number of carbonyl (C=O) groups is 2. The van der Waals surface area contributed by atoms with Crippen molar-refractivity contribution in [2.24, 2.45) is 11.8 Å². The first-order valence-corrected chi connectivity index (χ1v) is 5.64. The Morgan fingerprint density at radius 1 is 1.17 bits per heavy atom. The largest absolute Gasteiger partial charge is 0.481 e. The van der Waals surface area contributed by atoms with E-state index in [2.05, 4.69) is 15.3 Å². The topological polar surface area (TPSA) is 92.2 Å². The van der Waals surface area contributed by atoms with Crippen molar-refractivity contribution in [3.8, 4) is 0 Å². The maximum Gasteiger partial charge on any atom is 0.307 e. The standard InChI is InChI=1S/C12H13N3O3/c16-10(15-12-13-6-3-7-14-12)8-4-1-2-5-9(8)11(17)18/h1-3,6-9H,4-5H2,(H,17,18)(H,13,14,15,16). The van der Waals surface area contributed by atoms with E-state index in [0.717, 1.165) is 0 Å². The molecule has 0 aliphatic heterocycles. The highest BCUT2D eigenvalue weighted by Crippen LogP contribution is 2.26. The third-order valence-electron chi connectivity index (χ3n) is 2.89. The molecule has 1 aromatic rings. The molecule has 1 amide bonds. The Hall–Kier alpha value is -2.24. The molecule has 18 heavy (non-hydrogen) atoms. The first-order chi connectivity index (χ1) is 8.68. The molecule has 1 aliphatic rings. The van der Waals surface area contributed by atoms with Crippen LogP contribution < -0.4 is 5.32 Å². The fourth-order valence-corrected chi connectivity index (χ4v) is 1.94. The fraction of sp³-hybridized carbons (Fsp3) is 0.333. The molecule has 2 unspecified atom stereocenters. The van der Waals surface area contributed by atoms with Crippen LogP contribution in [0.1, 0.15) is 12.8 Å². The van der Waals surface area contributed by atoms with Crippen LogP contribution in [0.25, 0.3) is 0 Å². The van der Waals surface area contributed by atoms with E-state index in [9.17, 15) is 9.59 Å². The van der Waals surface area contributed by atoms with Gasteiger partial charge in [0.15, 0.2) is 0 Å². The van der Waals surface area contributed by atoms with E-state index in [1.807, 2.05) is 6.08 Å². The summed E-state index contributed by atoms with van der Waals surface area (Å²) >= 11 is 0. The van der Waals surface area contributed by atoms with Gasteiger partial charge in [-0.1, -0.05) is 12.2 Å². The van der Waals surface area contributed by atoms with Gasteiger partial charge in [0.2, 0.25) is 11.9 Å². The maximum absolute atomic E-state index is 12.0. The molecule has 2 atom stereocenters. The second-order valence-corrected chi connectivity index (χ2v) is 4.06. The van der Waals surface area contributed by atoms with Gasteiger partial charge in [-0.3, -0.25) is 14.9 Å². The van der Waals surface area contributed by atoms with E-state index in [-0.39, 0.29) is 11.9 Å². The molecule has 0 radical (unpaired) electrons. The molecule has 0 saturated carbocycles. The van der Waals surface area contributed by atoms with Gasteiger partial charge in [0.05, 0.1) is 11.8 Å². The molecular formula is C12H13N3O3. The normalized spacial score (nSPS) is 22.4. The lowest BCUT2D eigenvalue weighted by atomic mass is 9.82. The van der Waals surface area contributed by atoms with Crippen molar-refractivity contribution in [1.82, 2.24) is 9.97 Å². The zero-order valence-corrected chi connectivity index (χ0v) is 9.61. The zero-order chi connectivity index (χ0) is 13.0. The minimum Gasteiger partial charge on any atom is -0.481 e. The van der Waals surface area contributed by atoms with Crippen molar-refractivity contribution in [3.05, 3.63) is 30.6 Å². The summed E-state index contributed by atoms with van der Waals surface area (Å²) in [6.07, 6.45) is 7.45. The van der Waals surface area contributed by atoms with Gasteiger partial charge in [-0.05, 0) is 18.9 Å². The van der Waals surface area contributed by atoms with Gasteiger partial charge in [-0.2, -0.15) is 0 Å². The van der Waals surface area contributed by atoms with Crippen molar-refractivity contribution in [2.45, 2.75) is 12.8 Å². The van der Waals surface area contributed by atoms with E-state index in [0.29, 0.717) is 12.8 Å². The highest BCUT2D eigenvalue weighted by Gasteiger charge is 2.34. The summed E-state index contributed by atoms with van der Waals surface area (Å²) < 4.78 is 0. The zero-order valence-electron chi connectivity index (χ0n) is 9.61. The van der Waals surface area contributed by atoms with Crippen LogP contribution in [0.2, 0.25) is 0 Å². The average molecular weight is 247 g/mol. The molecule has 1 aliphatic carbocycles. The van der Waals surface area contributed by atoms with Gasteiger partial charge >= 0.3 is 5.97 Å². The lowest BCUT2D eigenvalue weighted by Crippen LogP contribution is -2.35. The molecule has 6 nitrogen and oxygen atoms in total. The van der Waals surface area contributed by atoms with Gasteiger partial charge in [-0.15, -0.1) is 0 Å². The van der Waals surface area contributed by atoms with E-state index in [1.165, 1.54) is 12.4 Å². The summed E-state index contributed by atoms with van der Waals surface area (Å²) in [4.78, 5) is 30.8. The van der Waals surface area contributed by atoms with Crippen LogP contribution in [-0.4, -0.2) is 27.0 Å². The smallest absolute Gasteiger partial charge is 0.307 e. The number of hydrogen-bond donors (Lipinski definition) is 2. The van der Waals surface area contributed by atoms with Crippen LogP contribution in [0.15, 0.2) is 30.6 Å². The first-order valence-electron chi connectivity index (χ1n) is 5.64. The minimum absolute atomic E-state index is 0.196. The molecule has 0 bridgehead atoms. The van der Waals surface area contributed by atoms with Gasteiger partial charge < -0.3 is 5.11 Å². The molecule has 6 heteroatoms. The number of carboxylic acid groups (broad SMARTS) is 1. The predicted octanol–water partition coefficient (Wildman–Crippen LogP) is 1.08. The number of rotatable bonds is 3. The number of aliphatic carboxylic acids is 1. The summed E-state index contributed by atoms with van der Waals surface area (Å²) in [6.45, 7) is 0. The Morgan fingerprint density at radius 2 is 1.78 bits per heavy atom. The first kappa shape index (κ1) is 12.2. The number of allylic oxidation sites excluding steroid dienone is 2. The summed E-state index contributed by atoms with van der Waals surface area (Å²) in [5.74, 6) is -2.36. The Morgan fingerprint density at radius 3 is 2.39 bits per heavy atom. The lowest BCUT2D eigenvalue weighted by Gasteiger charge is -2.23. The van der Waals surface area contributed by atoms with Crippen molar-refractivity contribution in [3.63, 3.8) is 0 Å². The molecule has 0 spiro atoms. The quantitative estimate of drug-likeness (QED) is 0.780. The van der Waals surface area contributed by atoms with Crippen LogP contribution in [0.3, 0.4) is 0 Å². The molecule has 2 N–H and O–H groups in total. The number of carbonyl (C=O) groups excluding carboxylic acids is 1. The summed E-state index contributed by atoms with van der Waals surface area (Å²) in [5.41, 5.74) is 0. The van der Waals surface area contributed by atoms with Crippen molar-refractivity contribution < 1.29 is 14.7 Å². The molecule has 1 heterocycles. The highest BCUT2D eigenvalue weighted by molar-refractivity contribution is 5.94. The molecule has 0 saturated heterocycles. The Labute approximate surface area is 104 Å². The summed E-state index contributed by atoms with van der Waals surface area (Å²) in [6, 6.07) is 1.64. The van der Waals surface area contributed by atoms with Gasteiger partial charge in [-0.25, -0.2) is 9.97 Å². The van der Waals surface area contributed by atoms with Gasteiger partial charge in [0.25, 0.3) is 0 Å². The van der Waals surface area contributed by atoms with E-state index >= 15 is 0 Å². The molecule has 0 aromatic carbocycles. The van der Waals surface area contributed by atoms with Gasteiger partial charge in [0, 0.05) is 12.4 Å². The summed E-state index contributed by atoms with van der Waals surface area (Å²) in [7, 11) is 0. The van der Waals surface area contributed by atoms with Gasteiger partial charge in [0.1, 0.15) is 0 Å². The number of amides is 1. The van der Waals surface area contributed by atoms with Crippen molar-refractivity contribution >= 4 is 17.8 Å². The van der Waals surface area contributed by atoms with E-state index in [1.54, 1.807) is 12.1 Å². The second-order valence-electron chi connectivity index (χ2n) is 4.06. The molecule has 0 fully saturated rings. The number of anilines is 1. The molecule has 94 valence electrons. The SMILES string of the molecule is O=C(O)C1CC=CCC1C(=O)Nc1ncccn1. The monoisotopic (exact) mass is 247 g/mol. The number of aromatic nitrogens is 2. The van der Waals surface area contributed by atoms with Crippen molar-refractivity contribution in [1.29, 1.82) is 0 Å². The Balaban J connectivity index is 2.08. The number of carboxylic acids is 1. The minimum atomic E-state index is -0.950. The van der Waals surface area contributed by atoms with Crippen LogP contribution in [0.4, 0.5) is 5.95 Å². The van der Waals surface area contributed by atoms with Crippen molar-refractivity contribution in [2.75, 3.05) is 5.32 Å². The third kappa shape index (κ3) is 2.71. The maximum atomic E-state index is 12.0. The third-order valence-corrected chi connectivity index (χ3v) is 2.89. The van der Waals surface area contributed by atoms with E-state index < -0.39 is 17.8 Å². The average Bonchev–Trinajstić information content (AvgIpc) is 2.40. The Bertz CT molecular complexity index is 473. The highest BCUT2D eigenvalue weighted by atomic mass is 16.4. The number of nitrogens with one attached hydrogen (secondary N) is 1. The summed E-state index contributed by atoms with van der Waals surface area (Å²) in [5, 5.41) is 11.6. The molecular weight excluding hydrogens is 234 g/mol. The fourth-order valence-electron chi connectivity index (χ4n) is 1.94. The molecule has 2 rings (SSSR count).